The van der Waals surface area contributed by atoms with Gasteiger partial charge in [-0.3, -0.25) is 5.43 Å². The number of carbonyl (C=O) groups excluding carboxylic acids is 1. The Hall–Kier alpha value is -1.10. The molecule has 58 valence electrons. The number of nitrogens with one attached hydrogen (secondary N) is 2. The van der Waals surface area contributed by atoms with Crippen molar-refractivity contribution in [1.29, 1.82) is 0 Å². The predicted octanol–water partition coefficient (Wildman–Crippen LogP) is -0.0548. The van der Waals surface area contributed by atoms with E-state index in [2.05, 4.69) is 10.5 Å². The van der Waals surface area contributed by atoms with E-state index in [1.165, 1.54) is 0 Å². The normalized spacial score (nSPS) is 10.9. The van der Waals surface area contributed by atoms with E-state index in [4.69, 9.17) is 5.84 Å². The molecule has 0 aliphatic carbocycles. The fourth-order valence-corrected chi connectivity index (χ4v) is 0.258. The Balaban J connectivity index is 3.61. The topological polar surface area (TPSA) is 79.5 Å². The zero-order valence-electron chi connectivity index (χ0n) is 6.14. The standard InChI is InChI=1S/C5H12N4O/c1-3-4(2)8-9-5(10)7-6/h3,6H2,1-2H3,(H2,7,9,10). The summed E-state index contributed by atoms with van der Waals surface area (Å²) in [5.74, 6) is 4.77. The maximum Gasteiger partial charge on any atom is 0.349 e. The van der Waals surface area contributed by atoms with Crippen molar-refractivity contribution in [1.82, 2.24) is 10.9 Å². The van der Waals surface area contributed by atoms with Gasteiger partial charge in [0.2, 0.25) is 0 Å². The van der Waals surface area contributed by atoms with Gasteiger partial charge in [0, 0.05) is 5.71 Å². The molecule has 0 radical (unpaired) electrons. The molecule has 0 bridgehead atoms. The molecule has 0 spiro atoms. The molecule has 4 N–H and O–H groups in total. The van der Waals surface area contributed by atoms with Gasteiger partial charge in [-0.25, -0.2) is 16.1 Å². The van der Waals surface area contributed by atoms with Crippen molar-refractivity contribution in [3.63, 3.8) is 0 Å². The van der Waals surface area contributed by atoms with Crippen molar-refractivity contribution in [2.45, 2.75) is 20.3 Å². The lowest BCUT2D eigenvalue weighted by Crippen LogP contribution is -2.37. The van der Waals surface area contributed by atoms with Crippen LogP contribution in [0.5, 0.6) is 0 Å². The van der Waals surface area contributed by atoms with Crippen LogP contribution in [0.2, 0.25) is 0 Å². The molecule has 0 aromatic rings. The van der Waals surface area contributed by atoms with Gasteiger partial charge in [0.15, 0.2) is 0 Å². The number of hydrogen-bond acceptors (Lipinski definition) is 3. The molecule has 5 nitrogen and oxygen atoms in total. The van der Waals surface area contributed by atoms with Gasteiger partial charge < -0.3 is 0 Å². The fraction of sp³-hybridized carbons (Fsp3) is 0.600. The molecule has 5 heteroatoms. The van der Waals surface area contributed by atoms with Gasteiger partial charge in [-0.05, 0) is 13.3 Å². The quantitative estimate of drug-likeness (QED) is 0.220. The monoisotopic (exact) mass is 144 g/mol. The molecule has 0 aromatic carbocycles. The number of nitrogens with two attached hydrogens (primary N) is 1. The predicted molar refractivity (Wildman–Crippen MR) is 39.3 cm³/mol. The molecule has 10 heavy (non-hydrogen) atoms. The molecule has 0 aliphatic heterocycles. The summed E-state index contributed by atoms with van der Waals surface area (Å²) in [4.78, 5) is 10.4. The van der Waals surface area contributed by atoms with Crippen LogP contribution < -0.4 is 16.7 Å². The second-order valence-electron chi connectivity index (χ2n) is 1.79. The largest absolute Gasteiger partial charge is 0.349 e. The van der Waals surface area contributed by atoms with Crippen LogP contribution in [0.1, 0.15) is 20.3 Å². The Labute approximate surface area is 59.6 Å². The van der Waals surface area contributed by atoms with Crippen LogP contribution in [0.25, 0.3) is 0 Å². The van der Waals surface area contributed by atoms with E-state index >= 15 is 0 Å². The van der Waals surface area contributed by atoms with E-state index in [0.717, 1.165) is 12.1 Å². The highest BCUT2D eigenvalue weighted by Crippen LogP contribution is 1.79. The number of urea groups is 1. The molecular formula is C5H12N4O. The van der Waals surface area contributed by atoms with Crippen LogP contribution in [0, 0.1) is 0 Å². The average molecular weight is 144 g/mol. The summed E-state index contributed by atoms with van der Waals surface area (Å²) >= 11 is 0. The van der Waals surface area contributed by atoms with Crippen molar-refractivity contribution in [2.24, 2.45) is 10.9 Å². The molecule has 2 amide bonds. The second-order valence-corrected chi connectivity index (χ2v) is 1.79. The summed E-state index contributed by atoms with van der Waals surface area (Å²) in [5.41, 5.74) is 4.93. The molecule has 0 aliphatic rings. The SMILES string of the molecule is CCC(C)=NNC(=O)NN. The highest BCUT2D eigenvalue weighted by atomic mass is 16.2. The number of carbonyl (C=O) groups is 1. The van der Waals surface area contributed by atoms with Gasteiger partial charge in [-0.2, -0.15) is 5.10 Å². The van der Waals surface area contributed by atoms with Crippen LogP contribution in [-0.4, -0.2) is 11.7 Å². The van der Waals surface area contributed by atoms with Gasteiger partial charge in [0.1, 0.15) is 0 Å². The van der Waals surface area contributed by atoms with E-state index in [9.17, 15) is 4.79 Å². The summed E-state index contributed by atoms with van der Waals surface area (Å²) in [6.07, 6.45) is 0.810. The minimum Gasteiger partial charge on any atom is -0.274 e. The summed E-state index contributed by atoms with van der Waals surface area (Å²) in [7, 11) is 0. The molecule has 0 saturated heterocycles. The highest BCUT2D eigenvalue weighted by molar-refractivity contribution is 5.83. The number of rotatable bonds is 2. The molecule has 0 aromatic heterocycles. The maximum atomic E-state index is 10.4. The number of amides is 2. The molecule has 0 unspecified atom stereocenters. The van der Waals surface area contributed by atoms with Crippen LogP contribution in [-0.2, 0) is 0 Å². The van der Waals surface area contributed by atoms with E-state index < -0.39 is 6.03 Å². The Morgan fingerprint density at radius 3 is 2.70 bits per heavy atom. The van der Waals surface area contributed by atoms with Gasteiger partial charge in [-0.15, -0.1) is 0 Å². The van der Waals surface area contributed by atoms with Crippen LogP contribution >= 0.6 is 0 Å². The second kappa shape index (κ2) is 4.75. The lowest BCUT2D eigenvalue weighted by Gasteiger charge is -1.97. The first kappa shape index (κ1) is 8.90. The third-order valence-corrected chi connectivity index (χ3v) is 0.991. The number of hydrazine groups is 1. The summed E-state index contributed by atoms with van der Waals surface area (Å²) in [6, 6.07) is -0.507. The van der Waals surface area contributed by atoms with E-state index in [1.54, 1.807) is 0 Å². The Kier molecular flexibility index (Phi) is 4.23. The smallest absolute Gasteiger partial charge is 0.274 e. The van der Waals surface area contributed by atoms with Crippen molar-refractivity contribution >= 4 is 11.7 Å². The molecule has 0 fully saturated rings. The Morgan fingerprint density at radius 2 is 2.30 bits per heavy atom. The summed E-state index contributed by atoms with van der Waals surface area (Å²) in [5, 5.41) is 3.69. The third kappa shape index (κ3) is 3.85. The van der Waals surface area contributed by atoms with Gasteiger partial charge in [0.05, 0.1) is 0 Å². The first-order valence-corrected chi connectivity index (χ1v) is 3.00. The zero-order chi connectivity index (χ0) is 7.98. The summed E-state index contributed by atoms with van der Waals surface area (Å²) in [6.45, 7) is 3.76. The van der Waals surface area contributed by atoms with Crippen LogP contribution in [0.15, 0.2) is 5.10 Å². The van der Waals surface area contributed by atoms with E-state index in [1.807, 2.05) is 19.3 Å². The summed E-state index contributed by atoms with van der Waals surface area (Å²) < 4.78 is 0. The number of hydrogen-bond donors (Lipinski definition) is 3. The lowest BCUT2D eigenvalue weighted by atomic mass is 10.3. The third-order valence-electron chi connectivity index (χ3n) is 0.991. The number of nitrogens with zero attached hydrogens (tertiary/aromatic N) is 1. The van der Waals surface area contributed by atoms with Crippen LogP contribution in [0.3, 0.4) is 0 Å². The lowest BCUT2D eigenvalue weighted by molar-refractivity contribution is 0.241. The molecule has 0 saturated carbocycles. The highest BCUT2D eigenvalue weighted by Gasteiger charge is 1.91. The van der Waals surface area contributed by atoms with Crippen LogP contribution in [0.4, 0.5) is 4.79 Å². The van der Waals surface area contributed by atoms with Crippen molar-refractivity contribution in [3.8, 4) is 0 Å². The van der Waals surface area contributed by atoms with E-state index in [0.29, 0.717) is 0 Å². The molecular weight excluding hydrogens is 132 g/mol. The minimum absolute atomic E-state index is 0.507. The van der Waals surface area contributed by atoms with Gasteiger partial charge in [-0.1, -0.05) is 6.92 Å². The van der Waals surface area contributed by atoms with E-state index in [-0.39, 0.29) is 0 Å². The molecule has 0 heterocycles. The minimum atomic E-state index is -0.507. The zero-order valence-corrected chi connectivity index (χ0v) is 6.14. The van der Waals surface area contributed by atoms with Gasteiger partial charge in [0.25, 0.3) is 0 Å². The fourth-order valence-electron chi connectivity index (χ4n) is 0.258. The first-order valence-electron chi connectivity index (χ1n) is 3.00. The first-order chi connectivity index (χ1) is 4.70. The van der Waals surface area contributed by atoms with Crippen molar-refractivity contribution in [2.75, 3.05) is 0 Å². The molecule has 0 rings (SSSR count). The Bertz CT molecular complexity index is 143. The van der Waals surface area contributed by atoms with Crippen molar-refractivity contribution in [3.05, 3.63) is 0 Å². The van der Waals surface area contributed by atoms with Crippen molar-refractivity contribution < 1.29 is 4.79 Å². The Morgan fingerprint density at radius 1 is 1.70 bits per heavy atom. The van der Waals surface area contributed by atoms with Gasteiger partial charge >= 0.3 is 6.03 Å². The average Bonchev–Trinajstić information content (AvgIpc) is 1.99. The number of hydrazone groups is 1. The molecule has 0 atom stereocenters. The maximum absolute atomic E-state index is 10.4.